The molecule has 1 fully saturated rings. The molecule has 19 heavy (non-hydrogen) atoms. The van der Waals surface area contributed by atoms with Crippen molar-refractivity contribution in [2.24, 2.45) is 0 Å². The summed E-state index contributed by atoms with van der Waals surface area (Å²) in [5.74, 6) is 0.0766. The minimum atomic E-state index is 0.0766. The Morgan fingerprint density at radius 3 is 2.63 bits per heavy atom. The van der Waals surface area contributed by atoms with Gasteiger partial charge in [-0.2, -0.15) is 0 Å². The quantitative estimate of drug-likeness (QED) is 0.824. The van der Waals surface area contributed by atoms with Crippen molar-refractivity contribution in [2.45, 2.75) is 56.4 Å². The third-order valence-electron chi connectivity index (χ3n) is 4.35. The third-order valence-corrected chi connectivity index (χ3v) is 4.79. The highest BCUT2D eigenvalue weighted by Crippen LogP contribution is 2.25. The largest absolute Gasteiger partial charge is 0.349 e. The molecule has 2 nitrogen and oxygen atoms in total. The highest BCUT2D eigenvalue weighted by atomic mass is 35.5. The van der Waals surface area contributed by atoms with E-state index >= 15 is 0 Å². The summed E-state index contributed by atoms with van der Waals surface area (Å²) in [5.41, 5.74) is 3.59. The zero-order chi connectivity index (χ0) is 13.2. The number of amides is 1. The Hall–Kier alpha value is -1.02. The van der Waals surface area contributed by atoms with Gasteiger partial charge in [0.05, 0.1) is 0 Å². The molecule has 0 atom stereocenters. The number of halogens is 1. The number of fused-ring (bicyclic) bond motifs is 1. The number of alkyl halides is 1. The lowest BCUT2D eigenvalue weighted by Gasteiger charge is -2.25. The van der Waals surface area contributed by atoms with Gasteiger partial charge in [0.25, 0.3) is 5.91 Å². The van der Waals surface area contributed by atoms with E-state index < -0.39 is 0 Å². The van der Waals surface area contributed by atoms with Gasteiger partial charge in [0, 0.05) is 17.0 Å². The average molecular weight is 278 g/mol. The lowest BCUT2D eigenvalue weighted by molar-refractivity contribution is 0.0928. The fraction of sp³-hybridized carbons (Fsp3) is 0.562. The number of benzene rings is 1. The highest BCUT2D eigenvalue weighted by Gasteiger charge is 2.22. The molecule has 3 rings (SSSR count). The Bertz CT molecular complexity index is 478. The fourth-order valence-corrected chi connectivity index (χ4v) is 3.43. The number of carbonyl (C=O) groups excluding carboxylic acids is 1. The second-order valence-corrected chi connectivity index (χ2v) is 6.38. The van der Waals surface area contributed by atoms with Crippen molar-refractivity contribution in [1.29, 1.82) is 0 Å². The van der Waals surface area contributed by atoms with Crippen molar-refractivity contribution in [3.63, 3.8) is 0 Å². The molecule has 1 amide bonds. The Morgan fingerprint density at radius 2 is 1.84 bits per heavy atom. The van der Waals surface area contributed by atoms with Gasteiger partial charge in [-0.1, -0.05) is 6.07 Å². The van der Waals surface area contributed by atoms with Crippen LogP contribution in [-0.4, -0.2) is 17.3 Å². The number of rotatable bonds is 2. The number of nitrogens with one attached hydrogen (secondary N) is 1. The van der Waals surface area contributed by atoms with Crippen LogP contribution in [0.4, 0.5) is 0 Å². The molecule has 1 saturated carbocycles. The summed E-state index contributed by atoms with van der Waals surface area (Å²) in [6.07, 6.45) is 7.54. The van der Waals surface area contributed by atoms with E-state index in [-0.39, 0.29) is 5.91 Å². The second kappa shape index (κ2) is 5.54. The van der Waals surface area contributed by atoms with Crippen LogP contribution in [-0.2, 0) is 12.8 Å². The van der Waals surface area contributed by atoms with Crippen molar-refractivity contribution >= 4 is 17.5 Å². The lowest BCUT2D eigenvalue weighted by Crippen LogP contribution is -2.37. The molecule has 1 N–H and O–H groups in total. The van der Waals surface area contributed by atoms with Crippen molar-refractivity contribution in [2.75, 3.05) is 0 Å². The van der Waals surface area contributed by atoms with E-state index in [2.05, 4.69) is 17.4 Å². The van der Waals surface area contributed by atoms with E-state index in [1.54, 1.807) is 0 Å². The van der Waals surface area contributed by atoms with Gasteiger partial charge in [-0.25, -0.2) is 0 Å². The number of aryl methyl sites for hydroxylation is 2. The van der Waals surface area contributed by atoms with Crippen LogP contribution in [0.15, 0.2) is 18.2 Å². The first-order valence-electron chi connectivity index (χ1n) is 7.29. The molecule has 0 heterocycles. The predicted molar refractivity (Wildman–Crippen MR) is 77.8 cm³/mol. The van der Waals surface area contributed by atoms with Gasteiger partial charge in [-0.15, -0.1) is 11.6 Å². The summed E-state index contributed by atoms with van der Waals surface area (Å²) in [5, 5.41) is 3.45. The van der Waals surface area contributed by atoms with Crippen LogP contribution in [0.25, 0.3) is 0 Å². The minimum Gasteiger partial charge on any atom is -0.349 e. The van der Waals surface area contributed by atoms with Crippen molar-refractivity contribution < 1.29 is 4.79 Å². The zero-order valence-corrected chi connectivity index (χ0v) is 11.9. The third kappa shape index (κ3) is 2.94. The maximum Gasteiger partial charge on any atom is 0.251 e. The van der Waals surface area contributed by atoms with E-state index in [4.69, 9.17) is 11.6 Å². The molecule has 0 aromatic heterocycles. The van der Waals surface area contributed by atoms with E-state index in [9.17, 15) is 4.79 Å². The number of carbonyl (C=O) groups is 1. The molecule has 0 bridgehead atoms. The van der Waals surface area contributed by atoms with Crippen LogP contribution >= 0.6 is 11.6 Å². The van der Waals surface area contributed by atoms with Gasteiger partial charge < -0.3 is 5.32 Å². The Kier molecular flexibility index (Phi) is 3.79. The predicted octanol–water partition coefficient (Wildman–Crippen LogP) is 3.46. The van der Waals surface area contributed by atoms with Crippen LogP contribution in [0, 0.1) is 0 Å². The Morgan fingerprint density at radius 1 is 1.11 bits per heavy atom. The Balaban J connectivity index is 1.64. The summed E-state index contributed by atoms with van der Waals surface area (Å²) in [4.78, 5) is 12.3. The second-order valence-electron chi connectivity index (χ2n) is 5.76. The first kappa shape index (κ1) is 13.0. The van der Waals surface area contributed by atoms with Gasteiger partial charge in [-0.05, 0) is 68.2 Å². The monoisotopic (exact) mass is 277 g/mol. The molecular weight excluding hydrogens is 258 g/mol. The molecule has 102 valence electrons. The molecule has 0 spiro atoms. The van der Waals surface area contributed by atoms with Gasteiger partial charge in [0.15, 0.2) is 0 Å². The highest BCUT2D eigenvalue weighted by molar-refractivity contribution is 6.20. The van der Waals surface area contributed by atoms with Gasteiger partial charge >= 0.3 is 0 Å². The Labute approximate surface area is 119 Å². The molecular formula is C16H20ClNO. The standard InChI is InChI=1S/C16H20ClNO/c17-14-6-8-15(9-7-14)18-16(19)13-5-4-11-2-1-3-12(11)10-13/h4-5,10,14-15H,1-3,6-9H2,(H,18,19). The van der Waals surface area contributed by atoms with E-state index in [1.165, 1.54) is 17.5 Å². The maximum atomic E-state index is 12.3. The molecule has 1 aromatic carbocycles. The zero-order valence-electron chi connectivity index (χ0n) is 11.1. The van der Waals surface area contributed by atoms with E-state index in [1.807, 2.05) is 6.07 Å². The summed E-state index contributed by atoms with van der Waals surface area (Å²) < 4.78 is 0. The van der Waals surface area contributed by atoms with E-state index in [0.717, 1.165) is 44.1 Å². The average Bonchev–Trinajstić information content (AvgIpc) is 2.88. The topological polar surface area (TPSA) is 29.1 Å². The molecule has 1 aromatic rings. The summed E-state index contributed by atoms with van der Waals surface area (Å²) >= 11 is 6.09. The van der Waals surface area contributed by atoms with Crippen molar-refractivity contribution in [1.82, 2.24) is 5.32 Å². The minimum absolute atomic E-state index is 0.0766. The van der Waals surface area contributed by atoms with Gasteiger partial charge in [0.1, 0.15) is 0 Å². The van der Waals surface area contributed by atoms with Gasteiger partial charge in [0.2, 0.25) is 0 Å². The van der Waals surface area contributed by atoms with Crippen LogP contribution in [0.1, 0.15) is 53.6 Å². The fourth-order valence-electron chi connectivity index (χ4n) is 3.18. The maximum absolute atomic E-state index is 12.3. The van der Waals surface area contributed by atoms with Crippen LogP contribution in [0.5, 0.6) is 0 Å². The summed E-state index contributed by atoms with van der Waals surface area (Å²) in [7, 11) is 0. The van der Waals surface area contributed by atoms with Crippen molar-refractivity contribution in [3.8, 4) is 0 Å². The smallest absolute Gasteiger partial charge is 0.251 e. The van der Waals surface area contributed by atoms with Crippen LogP contribution in [0.3, 0.4) is 0 Å². The first-order chi connectivity index (χ1) is 9.22. The lowest BCUT2D eigenvalue weighted by atomic mass is 9.94. The normalized spacial score (nSPS) is 25.9. The molecule has 0 radical (unpaired) electrons. The molecule has 0 unspecified atom stereocenters. The van der Waals surface area contributed by atoms with Crippen molar-refractivity contribution in [3.05, 3.63) is 34.9 Å². The molecule has 0 aliphatic heterocycles. The van der Waals surface area contributed by atoms with Crippen LogP contribution in [0.2, 0.25) is 0 Å². The molecule has 2 aliphatic carbocycles. The molecule has 3 heteroatoms. The summed E-state index contributed by atoms with van der Waals surface area (Å²) in [6, 6.07) is 6.46. The first-order valence-corrected chi connectivity index (χ1v) is 7.73. The number of hydrogen-bond acceptors (Lipinski definition) is 1. The SMILES string of the molecule is O=C(NC1CCC(Cl)CC1)c1ccc2c(c1)CCC2. The summed E-state index contributed by atoms with van der Waals surface area (Å²) in [6.45, 7) is 0. The number of hydrogen-bond donors (Lipinski definition) is 1. The van der Waals surface area contributed by atoms with Gasteiger partial charge in [-0.3, -0.25) is 4.79 Å². The van der Waals surface area contributed by atoms with Crippen LogP contribution < -0.4 is 5.32 Å². The molecule has 2 aliphatic rings. The molecule has 0 saturated heterocycles. The van der Waals surface area contributed by atoms with E-state index in [0.29, 0.717) is 11.4 Å².